The van der Waals surface area contributed by atoms with E-state index in [2.05, 4.69) is 31.9 Å². The molecule has 0 aliphatic heterocycles. The maximum atomic E-state index is 12.3. The molecule has 2 aromatic rings. The Morgan fingerprint density at radius 1 is 1.33 bits per heavy atom. The van der Waals surface area contributed by atoms with E-state index in [0.717, 1.165) is 8.95 Å². The summed E-state index contributed by atoms with van der Waals surface area (Å²) in [5.41, 5.74) is 7.18. The van der Waals surface area contributed by atoms with Gasteiger partial charge in [-0.3, -0.25) is 4.79 Å². The van der Waals surface area contributed by atoms with E-state index in [0.29, 0.717) is 16.3 Å². The molecule has 1 aromatic carbocycles. The summed E-state index contributed by atoms with van der Waals surface area (Å²) in [6.45, 7) is 0. The van der Waals surface area contributed by atoms with Gasteiger partial charge in [0.15, 0.2) is 0 Å². The number of benzene rings is 1. The van der Waals surface area contributed by atoms with Crippen LogP contribution in [0.4, 0.5) is 11.4 Å². The SMILES string of the molecule is CN(C(=O)c1sccc1Br)c1ccc(Br)cc1N. The third-order valence-corrected chi connectivity index (χ3v) is 4.79. The lowest BCUT2D eigenvalue weighted by molar-refractivity contribution is 0.0996. The summed E-state index contributed by atoms with van der Waals surface area (Å²) in [7, 11) is 1.72. The first-order chi connectivity index (χ1) is 8.50. The van der Waals surface area contributed by atoms with Crippen molar-refractivity contribution >= 4 is 60.5 Å². The number of nitrogens with zero attached hydrogens (tertiary/aromatic N) is 1. The van der Waals surface area contributed by atoms with Gasteiger partial charge < -0.3 is 10.6 Å². The highest BCUT2D eigenvalue weighted by molar-refractivity contribution is 9.10. The average Bonchev–Trinajstić information content (AvgIpc) is 2.74. The van der Waals surface area contributed by atoms with Crippen LogP contribution in [0.3, 0.4) is 0 Å². The molecule has 94 valence electrons. The Balaban J connectivity index is 2.34. The molecule has 0 atom stereocenters. The molecular weight excluding hydrogens is 380 g/mol. The molecule has 0 bridgehead atoms. The smallest absolute Gasteiger partial charge is 0.269 e. The molecule has 0 saturated heterocycles. The van der Waals surface area contributed by atoms with Gasteiger partial charge >= 0.3 is 0 Å². The van der Waals surface area contributed by atoms with Crippen molar-refractivity contribution in [1.82, 2.24) is 0 Å². The van der Waals surface area contributed by atoms with E-state index in [1.807, 2.05) is 23.6 Å². The first-order valence-electron chi connectivity index (χ1n) is 5.07. The Morgan fingerprint density at radius 3 is 2.61 bits per heavy atom. The number of rotatable bonds is 2. The zero-order valence-corrected chi connectivity index (χ0v) is 13.5. The van der Waals surface area contributed by atoms with Gasteiger partial charge in [0.1, 0.15) is 4.88 Å². The lowest BCUT2D eigenvalue weighted by atomic mass is 10.2. The number of amides is 1. The van der Waals surface area contributed by atoms with Crippen LogP contribution in [-0.2, 0) is 0 Å². The normalized spacial score (nSPS) is 10.4. The quantitative estimate of drug-likeness (QED) is 0.784. The highest BCUT2D eigenvalue weighted by Crippen LogP contribution is 2.30. The summed E-state index contributed by atoms with van der Waals surface area (Å²) in [5, 5.41) is 1.87. The number of halogens is 2. The van der Waals surface area contributed by atoms with Crippen LogP contribution in [0.1, 0.15) is 9.67 Å². The summed E-state index contributed by atoms with van der Waals surface area (Å²) in [6, 6.07) is 7.32. The molecule has 3 nitrogen and oxygen atoms in total. The highest BCUT2D eigenvalue weighted by Gasteiger charge is 2.19. The number of nitrogens with two attached hydrogens (primary N) is 1. The molecule has 0 radical (unpaired) electrons. The second-order valence-electron chi connectivity index (χ2n) is 3.66. The van der Waals surface area contributed by atoms with Crippen LogP contribution in [-0.4, -0.2) is 13.0 Å². The number of nitrogen functional groups attached to an aromatic ring is 1. The fourth-order valence-corrected chi connectivity index (χ4v) is 3.43. The molecule has 18 heavy (non-hydrogen) atoms. The average molecular weight is 390 g/mol. The molecule has 1 aromatic heterocycles. The molecule has 1 amide bonds. The van der Waals surface area contributed by atoms with Crippen molar-refractivity contribution in [2.24, 2.45) is 0 Å². The predicted molar refractivity (Wildman–Crippen MR) is 83.3 cm³/mol. The zero-order chi connectivity index (χ0) is 13.3. The Hall–Kier alpha value is -0.850. The van der Waals surface area contributed by atoms with Gasteiger partial charge in [-0.15, -0.1) is 11.3 Å². The van der Waals surface area contributed by atoms with Crippen molar-refractivity contribution in [3.05, 3.63) is 43.5 Å². The number of hydrogen-bond donors (Lipinski definition) is 1. The van der Waals surface area contributed by atoms with Crippen LogP contribution >= 0.6 is 43.2 Å². The predicted octanol–water partition coefficient (Wildman–Crippen LogP) is 4.13. The lowest BCUT2D eigenvalue weighted by Crippen LogP contribution is -2.26. The third-order valence-electron chi connectivity index (χ3n) is 2.47. The minimum atomic E-state index is -0.0779. The van der Waals surface area contributed by atoms with Crippen molar-refractivity contribution in [3.63, 3.8) is 0 Å². The molecular formula is C12H10Br2N2OS. The summed E-state index contributed by atoms with van der Waals surface area (Å²) < 4.78 is 1.70. The first kappa shape index (κ1) is 13.6. The fraction of sp³-hybridized carbons (Fsp3) is 0.0833. The molecule has 0 spiro atoms. The van der Waals surface area contributed by atoms with Gasteiger partial charge in [-0.25, -0.2) is 0 Å². The zero-order valence-electron chi connectivity index (χ0n) is 9.48. The van der Waals surface area contributed by atoms with E-state index >= 15 is 0 Å². The van der Waals surface area contributed by atoms with Gasteiger partial charge in [-0.2, -0.15) is 0 Å². The third kappa shape index (κ3) is 2.60. The van der Waals surface area contributed by atoms with Crippen molar-refractivity contribution in [2.45, 2.75) is 0 Å². The first-order valence-corrected chi connectivity index (χ1v) is 7.53. The fourth-order valence-electron chi connectivity index (χ4n) is 1.54. The van der Waals surface area contributed by atoms with Crippen LogP contribution in [0.2, 0.25) is 0 Å². The molecule has 0 aliphatic carbocycles. The Kier molecular flexibility index (Phi) is 4.09. The van der Waals surface area contributed by atoms with Crippen LogP contribution in [0, 0.1) is 0 Å². The molecule has 0 unspecified atom stereocenters. The van der Waals surface area contributed by atoms with Crippen molar-refractivity contribution < 1.29 is 4.79 Å². The second-order valence-corrected chi connectivity index (χ2v) is 6.35. The van der Waals surface area contributed by atoms with Crippen LogP contribution in [0.15, 0.2) is 38.6 Å². The monoisotopic (exact) mass is 388 g/mol. The summed E-state index contributed by atoms with van der Waals surface area (Å²) in [4.78, 5) is 14.5. The van der Waals surface area contributed by atoms with Crippen LogP contribution in [0.25, 0.3) is 0 Å². The second kappa shape index (κ2) is 5.42. The van der Waals surface area contributed by atoms with E-state index in [1.165, 1.54) is 11.3 Å². The largest absolute Gasteiger partial charge is 0.397 e. The van der Waals surface area contributed by atoms with E-state index in [9.17, 15) is 4.79 Å². The van der Waals surface area contributed by atoms with Crippen molar-refractivity contribution in [1.29, 1.82) is 0 Å². The van der Waals surface area contributed by atoms with E-state index in [4.69, 9.17) is 5.73 Å². The van der Waals surface area contributed by atoms with Gasteiger partial charge in [-0.1, -0.05) is 15.9 Å². The topological polar surface area (TPSA) is 46.3 Å². The standard InChI is InChI=1S/C12H10Br2N2OS/c1-16(10-3-2-7(13)6-9(10)15)12(17)11-8(14)4-5-18-11/h2-6H,15H2,1H3. The lowest BCUT2D eigenvalue weighted by Gasteiger charge is -2.19. The molecule has 0 saturated carbocycles. The van der Waals surface area contributed by atoms with E-state index in [1.54, 1.807) is 18.0 Å². The number of hydrogen-bond acceptors (Lipinski definition) is 3. The highest BCUT2D eigenvalue weighted by atomic mass is 79.9. The Morgan fingerprint density at radius 2 is 2.06 bits per heavy atom. The number of anilines is 2. The molecule has 6 heteroatoms. The van der Waals surface area contributed by atoms with Gasteiger partial charge in [0, 0.05) is 16.0 Å². The maximum Gasteiger partial charge on any atom is 0.269 e. The number of carbonyl (C=O) groups excluding carboxylic acids is 1. The van der Waals surface area contributed by atoms with Gasteiger partial charge in [-0.05, 0) is 45.6 Å². The number of thiophene rings is 1. The molecule has 1 heterocycles. The summed E-state index contributed by atoms with van der Waals surface area (Å²) in [5.74, 6) is -0.0779. The molecule has 2 rings (SSSR count). The number of carbonyl (C=O) groups is 1. The Bertz CT molecular complexity index is 598. The maximum absolute atomic E-state index is 12.3. The van der Waals surface area contributed by atoms with Crippen LogP contribution < -0.4 is 10.6 Å². The van der Waals surface area contributed by atoms with Crippen molar-refractivity contribution in [3.8, 4) is 0 Å². The van der Waals surface area contributed by atoms with E-state index in [-0.39, 0.29) is 5.91 Å². The Labute approximate surface area is 126 Å². The minimum Gasteiger partial charge on any atom is -0.397 e. The van der Waals surface area contributed by atoms with Crippen molar-refractivity contribution in [2.75, 3.05) is 17.7 Å². The molecule has 0 fully saturated rings. The molecule has 2 N–H and O–H groups in total. The molecule has 0 aliphatic rings. The van der Waals surface area contributed by atoms with Crippen LogP contribution in [0.5, 0.6) is 0 Å². The van der Waals surface area contributed by atoms with Gasteiger partial charge in [0.2, 0.25) is 0 Å². The minimum absolute atomic E-state index is 0.0779. The summed E-state index contributed by atoms with van der Waals surface area (Å²) in [6.07, 6.45) is 0. The van der Waals surface area contributed by atoms with Gasteiger partial charge in [0.05, 0.1) is 11.4 Å². The van der Waals surface area contributed by atoms with E-state index < -0.39 is 0 Å². The summed E-state index contributed by atoms with van der Waals surface area (Å²) >= 11 is 8.11. The van der Waals surface area contributed by atoms with Gasteiger partial charge in [0.25, 0.3) is 5.91 Å².